The van der Waals surface area contributed by atoms with Gasteiger partial charge in [0.2, 0.25) is 0 Å². The molecule has 7 aliphatic rings. The van der Waals surface area contributed by atoms with Crippen molar-refractivity contribution in [2.45, 2.75) is 215 Å². The topological polar surface area (TPSA) is 229 Å². The Bertz CT molecular complexity index is 1550. The zero-order valence-electron chi connectivity index (χ0n) is 35.1. The Kier molecular flexibility index (Phi) is 12.2. The standard InChI is InChI=1S/C42H66O16/c1-20-35(47)29(51-8)18-34(52-20)58-37-22(3)54-33(17-28(37)46)57-36-21(2)53-32(16-27(36)45)56-26-10-11-38(6)25(15-26)9-12-41(49)30(38)19-31(55-24(5)44)39(7)40(48,23(4)43)13-14-42(39,41)50/h9,20-22,26-37,45-50H,10-19H2,1-8H3/t20-,21-,22-,26-,27-,28-,29-,30-,31-,32+,33+,34+,35-,36-,37-,38+,39-,40-,41-,42+/m1/s1. The zero-order chi connectivity index (χ0) is 42.3. The maximum Gasteiger partial charge on any atom is 0.302 e. The van der Waals surface area contributed by atoms with Crippen LogP contribution in [-0.2, 0) is 47.5 Å². The summed E-state index contributed by atoms with van der Waals surface area (Å²) in [4.78, 5) is 25.4. The molecule has 0 amide bonds. The number of carbonyl (C=O) groups excluding carboxylic acids is 2. The fraction of sp³-hybridized carbons (Fsp3) is 0.905. The van der Waals surface area contributed by atoms with E-state index in [9.17, 15) is 40.2 Å². The zero-order valence-corrected chi connectivity index (χ0v) is 35.1. The average Bonchev–Trinajstić information content (AvgIpc) is 3.38. The van der Waals surface area contributed by atoms with E-state index in [4.69, 9.17) is 37.9 Å². The van der Waals surface area contributed by atoms with E-state index in [2.05, 4.69) is 6.92 Å². The van der Waals surface area contributed by atoms with Crippen molar-refractivity contribution in [1.82, 2.24) is 0 Å². The summed E-state index contributed by atoms with van der Waals surface area (Å²) in [6, 6.07) is 0. The molecule has 0 radical (unpaired) electrons. The van der Waals surface area contributed by atoms with Gasteiger partial charge in [-0.1, -0.05) is 18.6 Å². The first-order valence-electron chi connectivity index (χ1n) is 21.2. The van der Waals surface area contributed by atoms with Gasteiger partial charge >= 0.3 is 5.97 Å². The van der Waals surface area contributed by atoms with Crippen molar-refractivity contribution in [1.29, 1.82) is 0 Å². The molecule has 20 atom stereocenters. The first kappa shape index (κ1) is 44.4. The van der Waals surface area contributed by atoms with Gasteiger partial charge in [0, 0.05) is 39.2 Å². The van der Waals surface area contributed by atoms with E-state index < -0.39 is 125 Å². The van der Waals surface area contributed by atoms with Gasteiger partial charge in [0.15, 0.2) is 24.7 Å². The average molecular weight is 827 g/mol. The van der Waals surface area contributed by atoms with Gasteiger partial charge in [-0.2, -0.15) is 0 Å². The first-order valence-corrected chi connectivity index (χ1v) is 21.2. The highest BCUT2D eigenvalue weighted by atomic mass is 16.7. The minimum absolute atomic E-state index is 0.0294. The largest absolute Gasteiger partial charge is 0.462 e. The molecule has 0 spiro atoms. The Labute approximate surface area is 340 Å². The number of hydrogen-bond acceptors (Lipinski definition) is 16. The van der Waals surface area contributed by atoms with E-state index in [1.807, 2.05) is 6.08 Å². The fourth-order valence-electron chi connectivity index (χ4n) is 12.2. The van der Waals surface area contributed by atoms with Crippen LogP contribution in [0, 0.1) is 16.7 Å². The molecule has 0 aromatic heterocycles. The molecular formula is C42H66O16. The maximum atomic E-state index is 13.0. The van der Waals surface area contributed by atoms with E-state index in [1.54, 1.807) is 27.7 Å². The molecule has 330 valence electrons. The van der Waals surface area contributed by atoms with Crippen molar-refractivity contribution in [3.63, 3.8) is 0 Å². The number of ketones is 1. The normalized spacial score (nSPS) is 53.1. The number of aliphatic hydroxyl groups excluding tert-OH is 3. The number of carbonyl (C=O) groups is 2. The number of Topliss-reactive ketones (excluding diaryl/α,β-unsaturated/α-hetero) is 1. The van der Waals surface area contributed by atoms with Gasteiger partial charge in [-0.05, 0) is 85.0 Å². The second-order valence-electron chi connectivity index (χ2n) is 18.8. The van der Waals surface area contributed by atoms with Crippen molar-refractivity contribution < 1.29 is 78.1 Å². The van der Waals surface area contributed by atoms with Gasteiger partial charge in [-0.25, -0.2) is 0 Å². The third-order valence-electron chi connectivity index (χ3n) is 15.6. The highest BCUT2D eigenvalue weighted by Gasteiger charge is 2.81. The second kappa shape index (κ2) is 15.9. The summed E-state index contributed by atoms with van der Waals surface area (Å²) in [5.41, 5.74) is -6.81. The number of hydrogen-bond donors (Lipinski definition) is 6. The van der Waals surface area contributed by atoms with Gasteiger partial charge in [-0.3, -0.25) is 9.59 Å². The van der Waals surface area contributed by atoms with Crippen LogP contribution in [0.1, 0.15) is 113 Å². The van der Waals surface area contributed by atoms with Crippen molar-refractivity contribution in [3.8, 4) is 0 Å². The summed E-state index contributed by atoms with van der Waals surface area (Å²) >= 11 is 0. The molecule has 58 heavy (non-hydrogen) atoms. The van der Waals surface area contributed by atoms with Gasteiger partial charge < -0.3 is 68.5 Å². The molecule has 4 aliphatic carbocycles. The number of aliphatic hydroxyl groups is 6. The lowest BCUT2D eigenvalue weighted by molar-refractivity contribution is -0.336. The number of esters is 1. The third kappa shape index (κ3) is 7.03. The van der Waals surface area contributed by atoms with Crippen molar-refractivity contribution in [2.24, 2.45) is 16.7 Å². The Morgan fingerprint density at radius 3 is 1.90 bits per heavy atom. The molecule has 3 heterocycles. The molecule has 16 heteroatoms. The highest BCUT2D eigenvalue weighted by Crippen LogP contribution is 2.71. The Balaban J connectivity index is 0.966. The van der Waals surface area contributed by atoms with E-state index >= 15 is 0 Å². The molecule has 3 saturated heterocycles. The van der Waals surface area contributed by atoms with E-state index in [0.717, 1.165) is 5.57 Å². The van der Waals surface area contributed by atoms with Crippen LogP contribution >= 0.6 is 0 Å². The summed E-state index contributed by atoms with van der Waals surface area (Å²) in [6.07, 6.45) is -5.55. The van der Waals surface area contributed by atoms with E-state index in [-0.39, 0.29) is 44.6 Å². The summed E-state index contributed by atoms with van der Waals surface area (Å²) in [5.74, 6) is -1.68. The first-order chi connectivity index (χ1) is 27.1. The number of rotatable bonds is 9. The van der Waals surface area contributed by atoms with Crippen LogP contribution in [0.25, 0.3) is 0 Å². The predicted octanol–water partition coefficient (Wildman–Crippen LogP) is 1.70. The maximum absolute atomic E-state index is 13.0. The molecule has 6 N–H and O–H groups in total. The van der Waals surface area contributed by atoms with Crippen LogP contribution in [0.3, 0.4) is 0 Å². The van der Waals surface area contributed by atoms with Gasteiger partial charge in [0.25, 0.3) is 0 Å². The van der Waals surface area contributed by atoms with Gasteiger partial charge in [0.1, 0.15) is 41.2 Å². The number of fused-ring (bicyclic) bond motifs is 5. The number of methoxy groups -OCH3 is 1. The van der Waals surface area contributed by atoms with Gasteiger partial charge in [0.05, 0.1) is 48.1 Å². The summed E-state index contributed by atoms with van der Waals surface area (Å²) in [6.45, 7) is 11.5. The Morgan fingerprint density at radius 2 is 1.34 bits per heavy atom. The SMILES string of the molecule is CO[C@@H]1C[C@H](O[C@H]2[C@H](O)C[C@H](O[C@H]3[C@H](O)C[C@H](O[C@@H]4CC[C@@]5(C)C(=CC[C@@]6(O)[C@@H]5C[C@@H](OC(C)=O)[C@@]5(C)[C@@]6(O)CC[C@@]5(O)C(C)=O)C4)O[C@@H]3C)O[C@@H]2C)O[C@H](C)[C@H]1O. The minimum atomic E-state index is -1.99. The lowest BCUT2D eigenvalue weighted by atomic mass is 9.42. The molecule has 7 rings (SSSR count). The molecule has 3 saturated carbocycles. The van der Waals surface area contributed by atoms with Crippen molar-refractivity contribution >= 4 is 11.8 Å². The van der Waals surface area contributed by atoms with Crippen LogP contribution in [0.5, 0.6) is 0 Å². The van der Waals surface area contributed by atoms with Crippen LogP contribution in [0.2, 0.25) is 0 Å². The molecule has 0 unspecified atom stereocenters. The van der Waals surface area contributed by atoms with Crippen LogP contribution in [0.15, 0.2) is 11.6 Å². The van der Waals surface area contributed by atoms with E-state index in [1.165, 1.54) is 21.0 Å². The molecule has 0 aromatic rings. The molecule has 3 aliphatic heterocycles. The quantitative estimate of drug-likeness (QED) is 0.144. The summed E-state index contributed by atoms with van der Waals surface area (Å²) in [7, 11) is 1.52. The molecular weight excluding hydrogens is 760 g/mol. The Hall–Kier alpha value is -1.64. The monoisotopic (exact) mass is 826 g/mol. The van der Waals surface area contributed by atoms with Crippen LogP contribution < -0.4 is 0 Å². The van der Waals surface area contributed by atoms with Crippen molar-refractivity contribution in [2.75, 3.05) is 7.11 Å². The Morgan fingerprint density at radius 1 is 0.776 bits per heavy atom. The molecule has 6 fully saturated rings. The van der Waals surface area contributed by atoms with E-state index in [0.29, 0.717) is 25.7 Å². The van der Waals surface area contributed by atoms with Gasteiger partial charge in [-0.15, -0.1) is 0 Å². The van der Waals surface area contributed by atoms with Crippen molar-refractivity contribution in [3.05, 3.63) is 11.6 Å². The smallest absolute Gasteiger partial charge is 0.302 e. The fourth-order valence-corrected chi connectivity index (χ4v) is 12.2. The molecule has 0 bridgehead atoms. The predicted molar refractivity (Wildman–Crippen MR) is 201 cm³/mol. The highest BCUT2D eigenvalue weighted by molar-refractivity contribution is 5.87. The number of ether oxygens (including phenoxy) is 8. The van der Waals surface area contributed by atoms with Crippen LogP contribution in [0.4, 0.5) is 0 Å². The molecule has 16 nitrogen and oxygen atoms in total. The summed E-state index contributed by atoms with van der Waals surface area (Å²) < 4.78 is 48.2. The molecule has 0 aromatic carbocycles. The minimum Gasteiger partial charge on any atom is -0.462 e. The summed E-state index contributed by atoms with van der Waals surface area (Å²) in [5, 5.41) is 69.7. The lowest BCUT2D eigenvalue weighted by Gasteiger charge is -2.67. The van der Waals surface area contributed by atoms with Crippen LogP contribution in [-0.4, -0.2) is 152 Å². The lowest BCUT2D eigenvalue weighted by Crippen LogP contribution is -2.78. The third-order valence-corrected chi connectivity index (χ3v) is 15.6. The second-order valence-corrected chi connectivity index (χ2v) is 18.8.